The number of rotatable bonds is 8. The maximum absolute atomic E-state index is 11.5. The van der Waals surface area contributed by atoms with Gasteiger partial charge in [-0.1, -0.05) is 6.92 Å². The number of hydrogen-bond acceptors (Lipinski definition) is 3. The van der Waals surface area contributed by atoms with Gasteiger partial charge in [-0.3, -0.25) is 4.79 Å². The van der Waals surface area contributed by atoms with Crippen LogP contribution in [0.1, 0.15) is 32.6 Å². The molecule has 19 heavy (non-hydrogen) atoms. The van der Waals surface area contributed by atoms with E-state index in [-0.39, 0.29) is 12.8 Å². The van der Waals surface area contributed by atoms with Crippen LogP contribution in [-0.4, -0.2) is 35.6 Å². The Bertz CT molecular complexity index is 355. The number of amides is 3. The number of urea groups is 1. The zero-order valence-corrected chi connectivity index (χ0v) is 11.0. The lowest BCUT2D eigenvalue weighted by Gasteiger charge is -2.16. The normalized spacial score (nSPS) is 17.3. The van der Waals surface area contributed by atoms with Crippen molar-refractivity contribution in [3.63, 3.8) is 0 Å². The number of nitrogens with two attached hydrogens (primary N) is 1. The third-order valence-corrected chi connectivity index (χ3v) is 3.29. The smallest absolute Gasteiger partial charge is 0.326 e. The SMILES string of the molecule is CC(CNC(=O)N[C@H](CCC(N)=O)C(=O)O)C1CC1. The first-order chi connectivity index (χ1) is 8.90. The van der Waals surface area contributed by atoms with Gasteiger partial charge in [0.15, 0.2) is 0 Å². The van der Waals surface area contributed by atoms with Crippen molar-refractivity contribution < 1.29 is 19.5 Å². The number of carbonyl (C=O) groups excluding carboxylic acids is 2. The fraction of sp³-hybridized carbons (Fsp3) is 0.750. The van der Waals surface area contributed by atoms with Crippen LogP contribution in [0.2, 0.25) is 0 Å². The molecule has 0 spiro atoms. The Hall–Kier alpha value is -1.79. The topological polar surface area (TPSA) is 122 Å². The highest BCUT2D eigenvalue weighted by Crippen LogP contribution is 2.35. The summed E-state index contributed by atoms with van der Waals surface area (Å²) in [7, 11) is 0. The Balaban J connectivity index is 2.29. The molecule has 1 saturated carbocycles. The summed E-state index contributed by atoms with van der Waals surface area (Å²) in [6, 6.07) is -1.62. The summed E-state index contributed by atoms with van der Waals surface area (Å²) >= 11 is 0. The molecule has 1 aliphatic rings. The molecule has 2 atom stereocenters. The maximum atomic E-state index is 11.5. The van der Waals surface area contributed by atoms with Gasteiger partial charge in [-0.25, -0.2) is 9.59 Å². The summed E-state index contributed by atoms with van der Waals surface area (Å²) in [5, 5.41) is 13.9. The number of carbonyl (C=O) groups is 3. The molecule has 3 amide bonds. The Morgan fingerprint density at radius 3 is 2.47 bits per heavy atom. The van der Waals surface area contributed by atoms with Crippen molar-refractivity contribution in [1.29, 1.82) is 0 Å². The van der Waals surface area contributed by atoms with Crippen LogP contribution in [0.5, 0.6) is 0 Å². The second-order valence-corrected chi connectivity index (χ2v) is 5.06. The standard InChI is InChI=1S/C12H21N3O4/c1-7(8-2-3-8)6-14-12(19)15-9(11(17)18)4-5-10(13)16/h7-9H,2-6H2,1H3,(H2,13,16)(H,17,18)(H2,14,15,19)/t7?,9-/m1/s1. The number of primary amides is 1. The molecule has 0 aromatic carbocycles. The van der Waals surface area contributed by atoms with Crippen molar-refractivity contribution in [3.8, 4) is 0 Å². The summed E-state index contributed by atoms with van der Waals surface area (Å²) in [4.78, 5) is 33.1. The summed E-state index contributed by atoms with van der Waals surface area (Å²) < 4.78 is 0. The van der Waals surface area contributed by atoms with Crippen LogP contribution in [0.3, 0.4) is 0 Å². The second kappa shape index (κ2) is 6.96. The van der Waals surface area contributed by atoms with E-state index in [0.717, 1.165) is 0 Å². The van der Waals surface area contributed by atoms with Crippen molar-refractivity contribution in [3.05, 3.63) is 0 Å². The Morgan fingerprint density at radius 1 is 1.37 bits per heavy atom. The molecular weight excluding hydrogens is 250 g/mol. The van der Waals surface area contributed by atoms with Crippen molar-refractivity contribution in [2.45, 2.75) is 38.6 Å². The first-order valence-electron chi connectivity index (χ1n) is 6.45. The van der Waals surface area contributed by atoms with E-state index < -0.39 is 23.9 Å². The van der Waals surface area contributed by atoms with E-state index in [9.17, 15) is 14.4 Å². The molecule has 0 aromatic rings. The summed E-state index contributed by atoms with van der Waals surface area (Å²) in [6.45, 7) is 2.58. The largest absolute Gasteiger partial charge is 0.480 e. The summed E-state index contributed by atoms with van der Waals surface area (Å²) in [5.74, 6) is -0.687. The first kappa shape index (κ1) is 15.3. The summed E-state index contributed by atoms with van der Waals surface area (Å²) in [6.07, 6.45) is 2.31. The fourth-order valence-corrected chi connectivity index (χ4v) is 1.84. The van der Waals surface area contributed by atoms with Crippen LogP contribution < -0.4 is 16.4 Å². The molecule has 7 heteroatoms. The molecule has 1 rings (SSSR count). The van der Waals surface area contributed by atoms with Crippen LogP contribution in [0.15, 0.2) is 0 Å². The molecule has 0 aliphatic heterocycles. The van der Waals surface area contributed by atoms with E-state index in [0.29, 0.717) is 18.4 Å². The van der Waals surface area contributed by atoms with Crippen molar-refractivity contribution >= 4 is 17.9 Å². The third kappa shape index (κ3) is 6.08. The lowest BCUT2D eigenvalue weighted by molar-refractivity contribution is -0.139. The molecule has 0 saturated heterocycles. The van der Waals surface area contributed by atoms with E-state index >= 15 is 0 Å². The fourth-order valence-electron chi connectivity index (χ4n) is 1.84. The number of aliphatic carboxylic acids is 1. The molecule has 0 radical (unpaired) electrons. The zero-order chi connectivity index (χ0) is 14.4. The van der Waals surface area contributed by atoms with Gasteiger partial charge in [0.25, 0.3) is 0 Å². The number of hydrogen-bond donors (Lipinski definition) is 4. The molecule has 0 bridgehead atoms. The van der Waals surface area contributed by atoms with Gasteiger partial charge in [-0.15, -0.1) is 0 Å². The van der Waals surface area contributed by atoms with Gasteiger partial charge in [0.05, 0.1) is 0 Å². The van der Waals surface area contributed by atoms with E-state index in [2.05, 4.69) is 17.6 Å². The molecular formula is C12H21N3O4. The van der Waals surface area contributed by atoms with E-state index in [1.54, 1.807) is 0 Å². The molecule has 5 N–H and O–H groups in total. The van der Waals surface area contributed by atoms with Crippen molar-refractivity contribution in [2.75, 3.05) is 6.54 Å². The Kier molecular flexibility index (Phi) is 5.59. The quantitative estimate of drug-likeness (QED) is 0.498. The molecule has 0 aromatic heterocycles. The molecule has 0 heterocycles. The van der Waals surface area contributed by atoms with Crippen LogP contribution >= 0.6 is 0 Å². The van der Waals surface area contributed by atoms with E-state index in [1.807, 2.05) is 0 Å². The van der Waals surface area contributed by atoms with Gasteiger partial charge in [-0.05, 0) is 31.1 Å². The molecule has 1 unspecified atom stereocenters. The van der Waals surface area contributed by atoms with Gasteiger partial charge in [0.1, 0.15) is 6.04 Å². The lowest BCUT2D eigenvalue weighted by Crippen LogP contribution is -2.47. The lowest BCUT2D eigenvalue weighted by atomic mass is 10.1. The Morgan fingerprint density at radius 2 is 2.00 bits per heavy atom. The highest BCUT2D eigenvalue weighted by Gasteiger charge is 2.28. The van der Waals surface area contributed by atoms with E-state index in [1.165, 1.54) is 12.8 Å². The van der Waals surface area contributed by atoms with Gasteiger partial charge >= 0.3 is 12.0 Å². The van der Waals surface area contributed by atoms with Gasteiger partial charge in [-0.2, -0.15) is 0 Å². The second-order valence-electron chi connectivity index (χ2n) is 5.06. The van der Waals surface area contributed by atoms with Gasteiger partial charge < -0.3 is 21.5 Å². The number of carboxylic acid groups (broad SMARTS) is 1. The number of nitrogens with one attached hydrogen (secondary N) is 2. The van der Waals surface area contributed by atoms with Crippen molar-refractivity contribution in [2.24, 2.45) is 17.6 Å². The zero-order valence-electron chi connectivity index (χ0n) is 11.0. The molecule has 1 aliphatic carbocycles. The summed E-state index contributed by atoms with van der Waals surface area (Å²) in [5.41, 5.74) is 4.95. The molecule has 1 fully saturated rings. The van der Waals surface area contributed by atoms with Gasteiger partial charge in [0, 0.05) is 13.0 Å². The highest BCUT2D eigenvalue weighted by molar-refractivity contribution is 5.83. The van der Waals surface area contributed by atoms with Gasteiger partial charge in [0.2, 0.25) is 5.91 Å². The third-order valence-electron chi connectivity index (χ3n) is 3.29. The monoisotopic (exact) mass is 271 g/mol. The van der Waals surface area contributed by atoms with Crippen LogP contribution in [0, 0.1) is 11.8 Å². The average Bonchev–Trinajstić information content (AvgIpc) is 3.14. The Labute approximate surface area is 111 Å². The minimum atomic E-state index is -1.17. The van der Waals surface area contributed by atoms with Crippen LogP contribution in [0.25, 0.3) is 0 Å². The minimum absolute atomic E-state index is 0.00371. The minimum Gasteiger partial charge on any atom is -0.480 e. The molecule has 7 nitrogen and oxygen atoms in total. The predicted molar refractivity (Wildman–Crippen MR) is 68.3 cm³/mol. The van der Waals surface area contributed by atoms with Crippen LogP contribution in [-0.2, 0) is 9.59 Å². The first-order valence-corrected chi connectivity index (χ1v) is 6.45. The predicted octanol–water partition coefficient (Wildman–Crippen LogP) is 0.0504. The van der Waals surface area contributed by atoms with Crippen molar-refractivity contribution in [1.82, 2.24) is 10.6 Å². The van der Waals surface area contributed by atoms with E-state index in [4.69, 9.17) is 10.8 Å². The molecule has 108 valence electrons. The number of carboxylic acids is 1. The average molecular weight is 271 g/mol. The maximum Gasteiger partial charge on any atom is 0.326 e. The van der Waals surface area contributed by atoms with Crippen LogP contribution in [0.4, 0.5) is 4.79 Å². The highest BCUT2D eigenvalue weighted by atomic mass is 16.4.